The van der Waals surface area contributed by atoms with Crippen molar-refractivity contribution < 1.29 is 4.74 Å². The Hall–Kier alpha value is 0.0800. The standard InChI is InChI=1S/C12H18Cl3NO/c1-2-3-4-5-6-7-10-8-9-17-11(16-10)12(13,14)15/h6-7,10H,2-5,8-9H2,1H3/b7-6-. The van der Waals surface area contributed by atoms with Gasteiger partial charge in [0.05, 0.1) is 12.6 Å². The van der Waals surface area contributed by atoms with Gasteiger partial charge in [-0.1, -0.05) is 66.7 Å². The van der Waals surface area contributed by atoms with Gasteiger partial charge in [0.25, 0.3) is 3.79 Å². The number of nitrogens with zero attached hydrogens (tertiary/aromatic N) is 1. The third-order valence-corrected chi connectivity index (χ3v) is 3.00. The van der Waals surface area contributed by atoms with Crippen molar-refractivity contribution in [2.75, 3.05) is 6.61 Å². The maximum atomic E-state index is 5.73. The van der Waals surface area contributed by atoms with Crippen molar-refractivity contribution in [3.05, 3.63) is 12.2 Å². The molecule has 0 saturated carbocycles. The van der Waals surface area contributed by atoms with Gasteiger partial charge in [-0.25, -0.2) is 4.99 Å². The summed E-state index contributed by atoms with van der Waals surface area (Å²) < 4.78 is 3.69. The molecule has 1 aliphatic heterocycles. The van der Waals surface area contributed by atoms with Gasteiger partial charge in [0, 0.05) is 6.42 Å². The number of allylic oxidation sites excluding steroid dienone is 1. The third-order valence-electron chi connectivity index (χ3n) is 2.51. The Kier molecular flexibility index (Phi) is 6.68. The number of hydrogen-bond donors (Lipinski definition) is 0. The molecule has 5 heteroatoms. The van der Waals surface area contributed by atoms with Crippen LogP contribution in [-0.4, -0.2) is 22.3 Å². The predicted molar refractivity (Wildman–Crippen MR) is 75.4 cm³/mol. The second-order valence-electron chi connectivity index (χ2n) is 4.06. The molecular formula is C12H18Cl3NO. The molecule has 0 saturated heterocycles. The van der Waals surface area contributed by atoms with E-state index in [1.54, 1.807) is 0 Å². The lowest BCUT2D eigenvalue weighted by atomic mass is 10.1. The smallest absolute Gasteiger partial charge is 0.266 e. The van der Waals surface area contributed by atoms with Gasteiger partial charge < -0.3 is 4.74 Å². The molecule has 1 aliphatic rings. The van der Waals surface area contributed by atoms with Crippen LogP contribution in [0.1, 0.15) is 39.0 Å². The molecule has 0 spiro atoms. The summed E-state index contributed by atoms with van der Waals surface area (Å²) in [5.41, 5.74) is 0. The van der Waals surface area contributed by atoms with Crippen LogP contribution in [0.4, 0.5) is 0 Å². The van der Waals surface area contributed by atoms with Crippen molar-refractivity contribution >= 4 is 40.7 Å². The molecule has 98 valence electrons. The second-order valence-corrected chi connectivity index (χ2v) is 6.34. The van der Waals surface area contributed by atoms with Gasteiger partial charge in [0.1, 0.15) is 0 Å². The van der Waals surface area contributed by atoms with Crippen molar-refractivity contribution in [3.63, 3.8) is 0 Å². The van der Waals surface area contributed by atoms with E-state index in [0.717, 1.165) is 12.8 Å². The molecule has 0 aliphatic carbocycles. The van der Waals surface area contributed by atoms with Crippen LogP contribution in [0.15, 0.2) is 17.1 Å². The van der Waals surface area contributed by atoms with E-state index in [2.05, 4.69) is 24.1 Å². The van der Waals surface area contributed by atoms with Crippen LogP contribution in [0.3, 0.4) is 0 Å². The van der Waals surface area contributed by atoms with E-state index in [0.29, 0.717) is 6.61 Å². The quantitative estimate of drug-likeness (QED) is 0.410. The molecule has 0 aromatic heterocycles. The van der Waals surface area contributed by atoms with Crippen LogP contribution in [0.5, 0.6) is 0 Å². The van der Waals surface area contributed by atoms with E-state index in [1.165, 1.54) is 19.3 Å². The summed E-state index contributed by atoms with van der Waals surface area (Å²) in [5, 5.41) is 0. The highest BCUT2D eigenvalue weighted by molar-refractivity contribution is 6.76. The van der Waals surface area contributed by atoms with E-state index >= 15 is 0 Å². The molecule has 1 atom stereocenters. The number of aliphatic imine (C=N–C) groups is 1. The van der Waals surface area contributed by atoms with Gasteiger partial charge in [-0.2, -0.15) is 0 Å². The van der Waals surface area contributed by atoms with Crippen molar-refractivity contribution in [1.29, 1.82) is 0 Å². The monoisotopic (exact) mass is 297 g/mol. The molecule has 1 heterocycles. The highest BCUT2D eigenvalue weighted by Crippen LogP contribution is 2.30. The largest absolute Gasteiger partial charge is 0.478 e. The summed E-state index contributed by atoms with van der Waals surface area (Å²) in [6.07, 6.45) is 9.89. The molecular weight excluding hydrogens is 280 g/mol. The Morgan fingerprint density at radius 1 is 1.41 bits per heavy atom. The van der Waals surface area contributed by atoms with Crippen molar-refractivity contribution in [2.45, 2.75) is 48.9 Å². The van der Waals surface area contributed by atoms with E-state index in [1.807, 2.05) is 0 Å². The molecule has 1 unspecified atom stereocenters. The molecule has 0 radical (unpaired) electrons. The maximum Gasteiger partial charge on any atom is 0.266 e. The van der Waals surface area contributed by atoms with Crippen molar-refractivity contribution in [1.82, 2.24) is 0 Å². The normalized spacial score (nSPS) is 21.4. The fourth-order valence-electron chi connectivity index (χ4n) is 1.59. The molecule has 0 aromatic carbocycles. The molecule has 2 nitrogen and oxygen atoms in total. The minimum absolute atomic E-state index is 0.0796. The summed E-state index contributed by atoms with van der Waals surface area (Å²) in [7, 11) is 0. The number of hydrogen-bond acceptors (Lipinski definition) is 2. The zero-order valence-corrected chi connectivity index (χ0v) is 12.2. The Balaban J connectivity index is 2.43. The van der Waals surface area contributed by atoms with Crippen molar-refractivity contribution in [3.8, 4) is 0 Å². The number of alkyl halides is 3. The topological polar surface area (TPSA) is 21.6 Å². The highest BCUT2D eigenvalue weighted by Gasteiger charge is 2.32. The fourth-order valence-corrected chi connectivity index (χ4v) is 1.90. The van der Waals surface area contributed by atoms with Crippen LogP contribution in [0, 0.1) is 0 Å². The van der Waals surface area contributed by atoms with Gasteiger partial charge in [0.15, 0.2) is 0 Å². The van der Waals surface area contributed by atoms with Crippen LogP contribution < -0.4 is 0 Å². The molecule has 0 amide bonds. The van der Waals surface area contributed by atoms with E-state index in [9.17, 15) is 0 Å². The Morgan fingerprint density at radius 3 is 2.82 bits per heavy atom. The maximum absolute atomic E-state index is 5.73. The zero-order valence-electron chi connectivity index (χ0n) is 9.96. The van der Waals surface area contributed by atoms with Gasteiger partial charge in [-0.3, -0.25) is 0 Å². The summed E-state index contributed by atoms with van der Waals surface area (Å²) >= 11 is 17.2. The van der Waals surface area contributed by atoms with Crippen LogP contribution in [0.25, 0.3) is 0 Å². The fraction of sp³-hybridized carbons (Fsp3) is 0.750. The number of halogens is 3. The second kappa shape index (κ2) is 7.50. The number of unbranched alkanes of at least 4 members (excludes halogenated alkanes) is 3. The van der Waals surface area contributed by atoms with Gasteiger partial charge in [-0.05, 0) is 12.8 Å². The summed E-state index contributed by atoms with van der Waals surface area (Å²) in [6.45, 7) is 2.75. The summed E-state index contributed by atoms with van der Waals surface area (Å²) in [6, 6.07) is 0.0796. The lowest BCUT2D eigenvalue weighted by Gasteiger charge is -2.22. The number of ether oxygens (including phenoxy) is 1. The van der Waals surface area contributed by atoms with Gasteiger partial charge in [-0.15, -0.1) is 0 Å². The highest BCUT2D eigenvalue weighted by atomic mass is 35.6. The van der Waals surface area contributed by atoms with Crippen LogP contribution in [0.2, 0.25) is 0 Å². The van der Waals surface area contributed by atoms with Crippen LogP contribution in [-0.2, 0) is 4.74 Å². The molecule has 0 N–H and O–H groups in total. The molecule has 0 bridgehead atoms. The lowest BCUT2D eigenvalue weighted by Crippen LogP contribution is -2.29. The lowest BCUT2D eigenvalue weighted by molar-refractivity contribution is 0.264. The first-order valence-electron chi connectivity index (χ1n) is 5.98. The minimum atomic E-state index is -1.55. The predicted octanol–water partition coefficient (Wildman–Crippen LogP) is 4.68. The SMILES string of the molecule is CCCCC/C=C\C1CCOC(C(Cl)(Cl)Cl)=N1. The first-order valence-corrected chi connectivity index (χ1v) is 7.12. The molecule has 17 heavy (non-hydrogen) atoms. The summed E-state index contributed by atoms with van der Waals surface area (Å²) in [4.78, 5) is 4.28. The van der Waals surface area contributed by atoms with Gasteiger partial charge in [0.2, 0.25) is 5.90 Å². The Bertz CT molecular complexity index is 284. The first-order chi connectivity index (χ1) is 8.04. The average molecular weight is 299 g/mol. The Labute approximate surface area is 118 Å². The Morgan fingerprint density at radius 2 is 2.18 bits per heavy atom. The summed E-state index contributed by atoms with van der Waals surface area (Å²) in [5.74, 6) is 0.206. The molecule has 0 aromatic rings. The van der Waals surface area contributed by atoms with Crippen molar-refractivity contribution in [2.24, 2.45) is 4.99 Å². The average Bonchev–Trinajstić information content (AvgIpc) is 2.28. The third kappa shape index (κ3) is 5.98. The first kappa shape index (κ1) is 15.1. The minimum Gasteiger partial charge on any atom is -0.478 e. The van der Waals surface area contributed by atoms with Crippen LogP contribution >= 0.6 is 34.8 Å². The number of rotatable bonds is 5. The van der Waals surface area contributed by atoms with Gasteiger partial charge >= 0.3 is 0 Å². The molecule has 0 fully saturated rings. The van der Waals surface area contributed by atoms with E-state index < -0.39 is 3.79 Å². The van der Waals surface area contributed by atoms with E-state index in [4.69, 9.17) is 39.5 Å². The zero-order chi connectivity index (χ0) is 12.7. The van der Waals surface area contributed by atoms with E-state index in [-0.39, 0.29) is 11.9 Å². The molecule has 1 rings (SSSR count).